The zero-order valence-corrected chi connectivity index (χ0v) is 21.4. The van der Waals surface area contributed by atoms with Gasteiger partial charge in [-0.1, -0.05) is 71.9 Å². The highest BCUT2D eigenvalue weighted by molar-refractivity contribution is 6.08. The highest BCUT2D eigenvalue weighted by Gasteiger charge is 2.62. The third kappa shape index (κ3) is 3.28. The van der Waals surface area contributed by atoms with Crippen LogP contribution in [0.3, 0.4) is 0 Å². The van der Waals surface area contributed by atoms with E-state index in [-0.39, 0.29) is 22.5 Å². The lowest BCUT2D eigenvalue weighted by atomic mass is 9.71. The van der Waals surface area contributed by atoms with Crippen molar-refractivity contribution < 1.29 is 19.0 Å². The number of hydrogen-bond acceptors (Lipinski definition) is 3. The summed E-state index contributed by atoms with van der Waals surface area (Å²) < 4.78 is 21.1. The summed E-state index contributed by atoms with van der Waals surface area (Å²) in [6.07, 6.45) is 0. The number of halogens is 1. The van der Waals surface area contributed by atoms with Crippen LogP contribution in [0.2, 0.25) is 0 Å². The minimum absolute atomic E-state index is 0.234. The molecule has 182 valence electrons. The second-order valence-electron chi connectivity index (χ2n) is 11.8. The molecule has 0 saturated carbocycles. The van der Waals surface area contributed by atoms with E-state index < -0.39 is 17.3 Å². The fourth-order valence-electron chi connectivity index (χ4n) is 5.59. The van der Waals surface area contributed by atoms with E-state index in [1.807, 2.05) is 36.4 Å². The molecule has 2 heterocycles. The van der Waals surface area contributed by atoms with Crippen LogP contribution in [0.1, 0.15) is 75.3 Å². The molecule has 1 spiro atoms. The first-order valence-corrected chi connectivity index (χ1v) is 12.0. The van der Waals surface area contributed by atoms with Crippen LogP contribution < -0.4 is 9.64 Å². The lowest BCUT2D eigenvalue weighted by Gasteiger charge is -2.33. The summed E-state index contributed by atoms with van der Waals surface area (Å²) in [7, 11) is 1.70. The lowest BCUT2D eigenvalue weighted by molar-refractivity contribution is -0.132. The Labute approximate surface area is 206 Å². The Morgan fingerprint density at radius 2 is 1.54 bits per heavy atom. The first-order valence-electron chi connectivity index (χ1n) is 12.0. The van der Waals surface area contributed by atoms with Crippen molar-refractivity contribution in [2.45, 2.75) is 63.9 Å². The number of fused-ring (bicyclic) bond motifs is 3. The first kappa shape index (κ1) is 23.4. The summed E-state index contributed by atoms with van der Waals surface area (Å²) in [4.78, 5) is 15.6. The molecular weight excluding hydrogens is 441 g/mol. The van der Waals surface area contributed by atoms with Gasteiger partial charge in [-0.15, -0.1) is 0 Å². The van der Waals surface area contributed by atoms with Crippen molar-refractivity contribution >= 4 is 11.6 Å². The number of nitrogens with zero attached hydrogens (tertiary/aromatic N) is 1. The van der Waals surface area contributed by atoms with Gasteiger partial charge in [0.15, 0.2) is 0 Å². The molecular formula is C30H32FNO3. The molecule has 3 aromatic carbocycles. The van der Waals surface area contributed by atoms with Crippen molar-refractivity contribution in [3.63, 3.8) is 0 Å². The summed E-state index contributed by atoms with van der Waals surface area (Å²) >= 11 is 0. The largest absolute Gasteiger partial charge is 0.507 e. The van der Waals surface area contributed by atoms with E-state index in [4.69, 9.17) is 4.74 Å². The molecule has 3 aromatic rings. The summed E-state index contributed by atoms with van der Waals surface area (Å²) in [6, 6.07) is 16.1. The number of hydrogen-bond donors (Lipinski definition) is 1. The Morgan fingerprint density at radius 1 is 0.943 bits per heavy atom. The molecule has 0 aromatic heterocycles. The first-order chi connectivity index (χ1) is 16.3. The molecule has 1 N–H and O–H groups in total. The van der Waals surface area contributed by atoms with Gasteiger partial charge in [0, 0.05) is 18.2 Å². The molecule has 0 radical (unpaired) electrons. The second kappa shape index (κ2) is 7.33. The summed E-state index contributed by atoms with van der Waals surface area (Å²) in [5.41, 5.74) is 2.39. The quantitative estimate of drug-likeness (QED) is 0.438. The van der Waals surface area contributed by atoms with Crippen LogP contribution in [0, 0.1) is 5.82 Å². The molecule has 0 unspecified atom stereocenters. The maximum atomic E-state index is 14.6. The van der Waals surface area contributed by atoms with Crippen LogP contribution in [-0.2, 0) is 21.2 Å². The Morgan fingerprint density at radius 3 is 2.14 bits per heavy atom. The van der Waals surface area contributed by atoms with Crippen LogP contribution in [0.4, 0.5) is 10.1 Å². The van der Waals surface area contributed by atoms with Gasteiger partial charge in [0.05, 0.1) is 11.6 Å². The van der Waals surface area contributed by atoms with Crippen LogP contribution in [0.15, 0.2) is 54.6 Å². The number of rotatable bonds is 1. The summed E-state index contributed by atoms with van der Waals surface area (Å²) in [6.45, 7) is 12.4. The minimum atomic E-state index is -1.43. The van der Waals surface area contributed by atoms with E-state index in [1.54, 1.807) is 18.0 Å². The van der Waals surface area contributed by atoms with Crippen LogP contribution >= 0.6 is 0 Å². The van der Waals surface area contributed by atoms with Crippen molar-refractivity contribution in [2.24, 2.45) is 0 Å². The molecule has 4 nitrogen and oxygen atoms in total. The van der Waals surface area contributed by atoms with Crippen LogP contribution in [0.5, 0.6) is 11.5 Å². The Hall–Kier alpha value is -3.34. The smallest absolute Gasteiger partial charge is 0.276 e. The molecule has 0 aliphatic carbocycles. The van der Waals surface area contributed by atoms with Gasteiger partial charge in [-0.25, -0.2) is 4.39 Å². The van der Waals surface area contributed by atoms with Gasteiger partial charge in [-0.2, -0.15) is 0 Å². The van der Waals surface area contributed by atoms with Crippen LogP contribution in [0.25, 0.3) is 0 Å². The predicted octanol–water partition coefficient (Wildman–Crippen LogP) is 6.52. The standard InChI is InChI=1S/C30H32FNO3/c1-28(2,3)21-14-17(15-22(26(21)33)29(4,5)6)25-19-10-8-9-11-24(19)35-30(25)20-16-18(31)12-13-23(20)32(7)27(30)34/h8-16,25,33H,1-7H3/t25-,30+/m1/s1. The molecule has 2 aliphatic heterocycles. The molecule has 35 heavy (non-hydrogen) atoms. The average Bonchev–Trinajstić information content (AvgIpc) is 3.21. The number of carbonyl (C=O) groups is 1. The Bertz CT molecular complexity index is 1330. The number of aromatic hydroxyl groups is 1. The molecule has 0 fully saturated rings. The lowest BCUT2D eigenvalue weighted by Crippen LogP contribution is -2.45. The molecule has 2 aliphatic rings. The molecule has 5 heteroatoms. The molecule has 1 amide bonds. The number of anilines is 1. The zero-order chi connectivity index (χ0) is 25.5. The second-order valence-corrected chi connectivity index (χ2v) is 11.8. The van der Waals surface area contributed by atoms with Crippen molar-refractivity contribution in [3.05, 3.63) is 88.2 Å². The topological polar surface area (TPSA) is 49.8 Å². The molecule has 0 saturated heterocycles. The van der Waals surface area contributed by atoms with E-state index >= 15 is 0 Å². The summed E-state index contributed by atoms with van der Waals surface area (Å²) in [5.74, 6) is -0.280. The van der Waals surface area contributed by atoms with E-state index in [0.29, 0.717) is 17.0 Å². The number of para-hydroxylation sites is 1. The van der Waals surface area contributed by atoms with E-state index in [2.05, 4.69) is 41.5 Å². The number of carbonyl (C=O) groups excluding carboxylic acids is 1. The molecule has 5 rings (SSSR count). The molecule has 2 atom stereocenters. The van der Waals surface area contributed by atoms with Gasteiger partial charge in [-0.3, -0.25) is 4.79 Å². The highest BCUT2D eigenvalue weighted by Crippen LogP contribution is 2.59. The number of phenolic OH excluding ortho intramolecular Hbond substituents is 1. The van der Waals surface area contributed by atoms with E-state index in [1.165, 1.54) is 12.1 Å². The monoisotopic (exact) mass is 473 g/mol. The number of amides is 1. The maximum absolute atomic E-state index is 14.6. The van der Waals surface area contributed by atoms with Gasteiger partial charge in [-0.05, 0) is 51.8 Å². The normalized spacial score (nSPS) is 21.3. The third-order valence-corrected chi connectivity index (χ3v) is 7.33. The number of ether oxygens (including phenoxy) is 1. The fraction of sp³-hybridized carbons (Fsp3) is 0.367. The Kier molecular flexibility index (Phi) is 4.90. The van der Waals surface area contributed by atoms with Gasteiger partial charge in [0.2, 0.25) is 5.60 Å². The number of benzene rings is 3. The summed E-state index contributed by atoms with van der Waals surface area (Å²) in [5, 5.41) is 11.3. The van der Waals surface area contributed by atoms with Crippen molar-refractivity contribution in [3.8, 4) is 11.5 Å². The fourth-order valence-corrected chi connectivity index (χ4v) is 5.59. The predicted molar refractivity (Wildman–Crippen MR) is 136 cm³/mol. The SMILES string of the molecule is CN1C(=O)[C@]2(Oc3ccccc3[C@H]2c2cc(C(C)(C)C)c(O)c(C(C)(C)C)c2)c2cc(F)ccc21. The Balaban J connectivity index is 1.87. The average molecular weight is 474 g/mol. The zero-order valence-electron chi connectivity index (χ0n) is 21.4. The van der Waals surface area contributed by atoms with Crippen molar-refractivity contribution in [1.29, 1.82) is 0 Å². The van der Waals surface area contributed by atoms with Crippen molar-refractivity contribution in [2.75, 3.05) is 11.9 Å². The maximum Gasteiger partial charge on any atom is 0.276 e. The van der Waals surface area contributed by atoms with Gasteiger partial charge in [0.1, 0.15) is 17.3 Å². The number of likely N-dealkylation sites (N-methyl/N-ethyl adjacent to an activating group) is 1. The molecule has 0 bridgehead atoms. The van der Waals surface area contributed by atoms with Crippen molar-refractivity contribution in [1.82, 2.24) is 0 Å². The minimum Gasteiger partial charge on any atom is -0.507 e. The van der Waals surface area contributed by atoms with E-state index in [9.17, 15) is 14.3 Å². The van der Waals surface area contributed by atoms with Gasteiger partial charge < -0.3 is 14.7 Å². The van der Waals surface area contributed by atoms with Gasteiger partial charge in [0.25, 0.3) is 5.91 Å². The van der Waals surface area contributed by atoms with E-state index in [0.717, 1.165) is 22.3 Å². The highest BCUT2D eigenvalue weighted by atomic mass is 19.1. The third-order valence-electron chi connectivity index (χ3n) is 7.33. The van der Waals surface area contributed by atoms with Crippen LogP contribution in [-0.4, -0.2) is 18.1 Å². The number of phenols is 1. The van der Waals surface area contributed by atoms with Gasteiger partial charge >= 0.3 is 0 Å².